The number of para-hydroxylation sites is 1. The second-order valence-electron chi connectivity index (χ2n) is 6.62. The van der Waals surface area contributed by atoms with Crippen molar-refractivity contribution in [2.24, 2.45) is 0 Å². The quantitative estimate of drug-likeness (QED) is 0.456. The molecule has 3 aromatic rings. The van der Waals surface area contributed by atoms with Gasteiger partial charge in [0.1, 0.15) is 19.8 Å². The van der Waals surface area contributed by atoms with Crippen molar-refractivity contribution in [3.63, 3.8) is 0 Å². The predicted molar refractivity (Wildman–Crippen MR) is 106 cm³/mol. The summed E-state index contributed by atoms with van der Waals surface area (Å²) < 4.78 is 22.4. The van der Waals surface area contributed by atoms with Crippen molar-refractivity contribution in [1.29, 1.82) is 0 Å². The van der Waals surface area contributed by atoms with Gasteiger partial charge in [0.2, 0.25) is 0 Å². The number of benzene rings is 2. The number of aromatic nitrogens is 1. The summed E-state index contributed by atoms with van der Waals surface area (Å²) in [5.41, 5.74) is 1.41. The highest BCUT2D eigenvalue weighted by molar-refractivity contribution is 6.04. The number of fused-ring (bicyclic) bond motifs is 2. The van der Waals surface area contributed by atoms with Gasteiger partial charge in [0.05, 0.1) is 12.7 Å². The first-order chi connectivity index (χ1) is 14.6. The van der Waals surface area contributed by atoms with Gasteiger partial charge < -0.3 is 23.5 Å². The Hall–Kier alpha value is -3.81. The number of ketones is 1. The molecule has 0 saturated heterocycles. The lowest BCUT2D eigenvalue weighted by molar-refractivity contribution is -0.143. The number of ether oxygens (including phenoxy) is 4. The minimum Gasteiger partial charge on any atom is -0.486 e. The summed E-state index contributed by atoms with van der Waals surface area (Å²) in [5.74, 6) is -0.374. The average molecular weight is 409 g/mol. The lowest BCUT2D eigenvalue weighted by Gasteiger charge is -2.18. The van der Waals surface area contributed by atoms with Gasteiger partial charge in [-0.2, -0.15) is 0 Å². The summed E-state index contributed by atoms with van der Waals surface area (Å²) in [7, 11) is 1.30. The van der Waals surface area contributed by atoms with Gasteiger partial charge in [0.25, 0.3) is 0 Å². The van der Waals surface area contributed by atoms with Crippen molar-refractivity contribution < 1.29 is 33.3 Å². The highest BCUT2D eigenvalue weighted by Gasteiger charge is 2.19. The molecule has 0 N–H and O–H groups in total. The summed E-state index contributed by atoms with van der Waals surface area (Å²) in [4.78, 5) is 36.7. The van der Waals surface area contributed by atoms with Crippen molar-refractivity contribution in [1.82, 2.24) is 4.57 Å². The van der Waals surface area contributed by atoms with Crippen LogP contribution in [0.15, 0.2) is 48.7 Å². The van der Waals surface area contributed by atoms with Gasteiger partial charge in [-0.1, -0.05) is 18.2 Å². The summed E-state index contributed by atoms with van der Waals surface area (Å²) >= 11 is 0. The van der Waals surface area contributed by atoms with Gasteiger partial charge in [-0.25, -0.2) is 4.79 Å². The number of hydrogen-bond acceptors (Lipinski definition) is 7. The molecule has 0 radical (unpaired) electrons. The van der Waals surface area contributed by atoms with E-state index in [4.69, 9.17) is 18.9 Å². The van der Waals surface area contributed by atoms with Crippen LogP contribution in [0.25, 0.3) is 10.9 Å². The first-order valence-corrected chi connectivity index (χ1v) is 9.31. The Balaban J connectivity index is 1.43. The van der Waals surface area contributed by atoms with E-state index in [2.05, 4.69) is 0 Å². The Bertz CT molecular complexity index is 1130. The van der Waals surface area contributed by atoms with E-state index >= 15 is 0 Å². The van der Waals surface area contributed by atoms with E-state index in [9.17, 15) is 14.4 Å². The topological polar surface area (TPSA) is 93.1 Å². The molecule has 154 valence electrons. The van der Waals surface area contributed by atoms with Crippen molar-refractivity contribution in [2.75, 3.05) is 26.9 Å². The lowest BCUT2D eigenvalue weighted by Crippen LogP contribution is -2.19. The summed E-state index contributed by atoms with van der Waals surface area (Å²) in [6.07, 6.45) is 1.54. The number of hydrogen-bond donors (Lipinski definition) is 0. The van der Waals surface area contributed by atoms with E-state index in [1.165, 1.54) is 7.11 Å². The Kier molecular flexibility index (Phi) is 5.38. The van der Waals surface area contributed by atoms with Crippen LogP contribution >= 0.6 is 0 Å². The third kappa shape index (κ3) is 3.84. The van der Waals surface area contributed by atoms with Crippen LogP contribution in [0.1, 0.15) is 20.7 Å². The number of esters is 2. The number of nitrogens with zero attached hydrogens (tertiary/aromatic N) is 1. The van der Waals surface area contributed by atoms with E-state index in [0.717, 1.165) is 0 Å². The molecule has 0 spiro atoms. The van der Waals surface area contributed by atoms with E-state index in [1.807, 2.05) is 0 Å². The van der Waals surface area contributed by atoms with Crippen LogP contribution in [0.3, 0.4) is 0 Å². The minimum atomic E-state index is -0.599. The molecule has 1 aromatic heterocycles. The van der Waals surface area contributed by atoms with Gasteiger partial charge >= 0.3 is 11.9 Å². The molecule has 0 fully saturated rings. The third-order valence-corrected chi connectivity index (χ3v) is 4.72. The van der Waals surface area contributed by atoms with Crippen LogP contribution in [0.4, 0.5) is 0 Å². The second-order valence-corrected chi connectivity index (χ2v) is 6.62. The van der Waals surface area contributed by atoms with Crippen LogP contribution in [0, 0.1) is 0 Å². The zero-order valence-electron chi connectivity index (χ0n) is 16.3. The number of rotatable bonds is 6. The molecule has 30 heavy (non-hydrogen) atoms. The largest absolute Gasteiger partial charge is 0.486 e. The summed E-state index contributed by atoms with van der Waals surface area (Å²) in [6.45, 7) is 0.329. The number of Topliss-reactive ketones (excluding diaryl/α,β-unsaturated/α-hetero) is 1. The van der Waals surface area contributed by atoms with Crippen molar-refractivity contribution in [3.05, 3.63) is 59.8 Å². The van der Waals surface area contributed by atoms with Gasteiger partial charge in [0, 0.05) is 22.7 Å². The maximum absolute atomic E-state index is 12.4. The van der Waals surface area contributed by atoms with E-state index in [-0.39, 0.29) is 12.3 Å². The highest BCUT2D eigenvalue weighted by atomic mass is 16.6. The van der Waals surface area contributed by atoms with Crippen LogP contribution in [-0.4, -0.2) is 49.2 Å². The standard InChI is InChI=1S/C22H19NO7/c1-27-22(26)16-11-23(17-5-3-2-4-15(16)17)12-21(25)30-13-18(24)14-6-7-19-20(10-14)29-9-8-28-19/h2-7,10-11H,8-9,12-13H2,1H3. The fraction of sp³-hybridized carbons (Fsp3) is 0.227. The average Bonchev–Trinajstić information content (AvgIpc) is 3.15. The molecule has 8 heteroatoms. The lowest BCUT2D eigenvalue weighted by atomic mass is 10.1. The zero-order valence-corrected chi connectivity index (χ0v) is 16.3. The van der Waals surface area contributed by atoms with E-state index in [0.29, 0.717) is 46.7 Å². The predicted octanol–water partition coefficient (Wildman–Crippen LogP) is 2.63. The molecule has 2 heterocycles. The van der Waals surface area contributed by atoms with Gasteiger partial charge in [-0.15, -0.1) is 0 Å². The molecule has 0 aliphatic carbocycles. The van der Waals surface area contributed by atoms with Crippen LogP contribution in [-0.2, 0) is 20.8 Å². The van der Waals surface area contributed by atoms with E-state index < -0.39 is 18.5 Å². The monoisotopic (exact) mass is 409 g/mol. The Morgan fingerprint density at radius 1 is 1.03 bits per heavy atom. The number of carbonyl (C=O) groups is 3. The van der Waals surface area contributed by atoms with Gasteiger partial charge in [-0.3, -0.25) is 9.59 Å². The molecule has 1 aliphatic heterocycles. The van der Waals surface area contributed by atoms with Crippen molar-refractivity contribution >= 4 is 28.6 Å². The first-order valence-electron chi connectivity index (χ1n) is 9.31. The minimum absolute atomic E-state index is 0.147. The van der Waals surface area contributed by atoms with Gasteiger partial charge in [-0.05, 0) is 24.3 Å². The molecular formula is C22H19NO7. The molecule has 0 unspecified atom stereocenters. The normalized spacial score (nSPS) is 12.4. The fourth-order valence-corrected chi connectivity index (χ4v) is 3.28. The second kappa shape index (κ2) is 8.28. The molecule has 0 bridgehead atoms. The Morgan fingerprint density at radius 3 is 2.60 bits per heavy atom. The maximum Gasteiger partial charge on any atom is 0.340 e. The van der Waals surface area contributed by atoms with Crippen molar-refractivity contribution in [3.8, 4) is 11.5 Å². The molecule has 8 nitrogen and oxygen atoms in total. The summed E-state index contributed by atoms with van der Waals surface area (Å²) in [6, 6.07) is 12.0. The Morgan fingerprint density at radius 2 is 1.80 bits per heavy atom. The molecule has 1 aliphatic rings. The van der Waals surface area contributed by atoms with Crippen molar-refractivity contribution in [2.45, 2.75) is 6.54 Å². The van der Waals surface area contributed by atoms with Gasteiger partial charge in [0.15, 0.2) is 23.9 Å². The first kappa shape index (κ1) is 19.5. The SMILES string of the molecule is COC(=O)c1cn(CC(=O)OCC(=O)c2ccc3c(c2)OCCO3)c2ccccc12. The summed E-state index contributed by atoms with van der Waals surface area (Å²) in [5, 5.41) is 0.671. The van der Waals surface area contributed by atoms with Crippen LogP contribution in [0.5, 0.6) is 11.5 Å². The van der Waals surface area contributed by atoms with Crippen LogP contribution in [0.2, 0.25) is 0 Å². The third-order valence-electron chi connectivity index (χ3n) is 4.72. The molecule has 0 atom stereocenters. The molecule has 4 rings (SSSR count). The van der Waals surface area contributed by atoms with Crippen LogP contribution < -0.4 is 9.47 Å². The highest BCUT2D eigenvalue weighted by Crippen LogP contribution is 2.30. The molecule has 2 aromatic carbocycles. The molecular weight excluding hydrogens is 390 g/mol. The number of methoxy groups -OCH3 is 1. The van der Waals surface area contributed by atoms with E-state index in [1.54, 1.807) is 53.2 Å². The Labute approximate surface area is 171 Å². The number of carbonyl (C=O) groups excluding carboxylic acids is 3. The molecule has 0 amide bonds. The fourth-order valence-electron chi connectivity index (χ4n) is 3.28. The zero-order chi connectivity index (χ0) is 21.1. The maximum atomic E-state index is 12.4. The smallest absolute Gasteiger partial charge is 0.340 e. The molecule has 0 saturated carbocycles.